The van der Waals surface area contributed by atoms with Gasteiger partial charge in [-0.2, -0.15) is 0 Å². The van der Waals surface area contributed by atoms with Gasteiger partial charge in [-0.15, -0.1) is 0 Å². The normalized spacial score (nSPS) is 19.4. The first-order valence-electron chi connectivity index (χ1n) is 7.40. The molecule has 0 aromatic heterocycles. The topological polar surface area (TPSA) is 29.3 Å². The molecule has 19 heavy (non-hydrogen) atoms. The molecule has 0 spiro atoms. The van der Waals surface area contributed by atoms with Crippen molar-refractivity contribution < 1.29 is 4.39 Å². The quantitative estimate of drug-likeness (QED) is 0.844. The fourth-order valence-corrected chi connectivity index (χ4v) is 3.14. The lowest BCUT2D eigenvalue weighted by atomic mass is 10.0. The molecule has 3 heteroatoms. The predicted octanol–water partition coefficient (Wildman–Crippen LogP) is 3.48. The summed E-state index contributed by atoms with van der Waals surface area (Å²) < 4.78 is 13.0. The van der Waals surface area contributed by atoms with Crippen LogP contribution in [0.3, 0.4) is 0 Å². The van der Waals surface area contributed by atoms with Crippen molar-refractivity contribution in [3.05, 3.63) is 35.6 Å². The van der Waals surface area contributed by atoms with Gasteiger partial charge < -0.3 is 5.73 Å². The van der Waals surface area contributed by atoms with Gasteiger partial charge in [0, 0.05) is 18.6 Å². The Morgan fingerprint density at radius 3 is 2.26 bits per heavy atom. The van der Waals surface area contributed by atoms with Gasteiger partial charge in [0.2, 0.25) is 0 Å². The molecule has 0 aliphatic heterocycles. The van der Waals surface area contributed by atoms with Gasteiger partial charge in [-0.1, -0.05) is 37.8 Å². The molecular weight excluding hydrogens is 239 g/mol. The Balaban J connectivity index is 2.09. The molecule has 1 saturated carbocycles. The standard InChI is InChI=1S/C16H25FN2/c1-19(15-6-4-2-3-5-7-15)16(12-18)13-8-10-14(17)11-9-13/h8-11,15-16H,2-7,12,18H2,1H3. The molecule has 0 heterocycles. The van der Waals surface area contributed by atoms with Crippen LogP contribution in [0.5, 0.6) is 0 Å². The van der Waals surface area contributed by atoms with Gasteiger partial charge in [0.1, 0.15) is 5.82 Å². The molecule has 0 amide bonds. The molecule has 2 N–H and O–H groups in total. The molecule has 1 aliphatic rings. The highest BCUT2D eigenvalue weighted by Gasteiger charge is 2.24. The highest BCUT2D eigenvalue weighted by atomic mass is 19.1. The van der Waals surface area contributed by atoms with E-state index in [1.165, 1.54) is 50.7 Å². The van der Waals surface area contributed by atoms with E-state index in [0.29, 0.717) is 12.6 Å². The van der Waals surface area contributed by atoms with Crippen molar-refractivity contribution in [3.63, 3.8) is 0 Å². The Bertz CT molecular complexity index is 369. The Kier molecular flexibility index (Phi) is 5.34. The van der Waals surface area contributed by atoms with Crippen molar-refractivity contribution >= 4 is 0 Å². The SMILES string of the molecule is CN(C1CCCCCC1)C(CN)c1ccc(F)cc1. The number of nitrogens with two attached hydrogens (primary N) is 1. The molecule has 1 atom stereocenters. The number of benzene rings is 1. The Hall–Kier alpha value is -0.930. The van der Waals surface area contributed by atoms with Crippen LogP contribution in [0.4, 0.5) is 4.39 Å². The van der Waals surface area contributed by atoms with E-state index >= 15 is 0 Å². The smallest absolute Gasteiger partial charge is 0.123 e. The largest absolute Gasteiger partial charge is 0.329 e. The number of hydrogen-bond acceptors (Lipinski definition) is 2. The predicted molar refractivity (Wildman–Crippen MR) is 77.4 cm³/mol. The van der Waals surface area contributed by atoms with Gasteiger partial charge in [0.05, 0.1) is 0 Å². The first kappa shape index (κ1) is 14.5. The van der Waals surface area contributed by atoms with Gasteiger partial charge in [-0.25, -0.2) is 4.39 Å². The number of rotatable bonds is 4. The van der Waals surface area contributed by atoms with Crippen LogP contribution in [0.2, 0.25) is 0 Å². The van der Waals surface area contributed by atoms with Gasteiger partial charge >= 0.3 is 0 Å². The molecule has 1 fully saturated rings. The molecule has 106 valence electrons. The summed E-state index contributed by atoms with van der Waals surface area (Å²) in [6.07, 6.45) is 7.86. The second-order valence-corrected chi connectivity index (χ2v) is 5.61. The van der Waals surface area contributed by atoms with Crippen LogP contribution >= 0.6 is 0 Å². The molecule has 0 bridgehead atoms. The van der Waals surface area contributed by atoms with Gasteiger partial charge in [0.15, 0.2) is 0 Å². The molecule has 2 nitrogen and oxygen atoms in total. The van der Waals surface area contributed by atoms with Crippen LogP contribution in [0, 0.1) is 5.82 Å². The summed E-state index contributed by atoms with van der Waals surface area (Å²) in [6, 6.07) is 7.59. The van der Waals surface area contributed by atoms with Crippen molar-refractivity contribution in [2.24, 2.45) is 5.73 Å². The minimum atomic E-state index is -0.184. The average Bonchev–Trinajstić information content (AvgIpc) is 2.70. The lowest BCUT2D eigenvalue weighted by molar-refractivity contribution is 0.161. The molecule has 1 aromatic rings. The summed E-state index contributed by atoms with van der Waals surface area (Å²) in [5.41, 5.74) is 7.08. The van der Waals surface area contributed by atoms with E-state index in [9.17, 15) is 4.39 Å². The third-order valence-electron chi connectivity index (χ3n) is 4.37. The van der Waals surface area contributed by atoms with Crippen LogP contribution < -0.4 is 5.73 Å². The van der Waals surface area contributed by atoms with Crippen LogP contribution in [-0.4, -0.2) is 24.5 Å². The van der Waals surface area contributed by atoms with E-state index < -0.39 is 0 Å². The zero-order chi connectivity index (χ0) is 13.7. The number of likely N-dealkylation sites (N-methyl/N-ethyl adjacent to an activating group) is 1. The van der Waals surface area contributed by atoms with Crippen LogP contribution in [0.1, 0.15) is 50.1 Å². The second-order valence-electron chi connectivity index (χ2n) is 5.61. The summed E-state index contributed by atoms with van der Waals surface area (Å²) in [6.45, 7) is 0.582. The first-order valence-corrected chi connectivity index (χ1v) is 7.40. The van der Waals surface area contributed by atoms with Crippen LogP contribution in [0.25, 0.3) is 0 Å². The molecule has 0 saturated heterocycles. The number of nitrogens with zero attached hydrogens (tertiary/aromatic N) is 1. The summed E-state index contributed by atoms with van der Waals surface area (Å²) in [4.78, 5) is 2.40. The van der Waals surface area contributed by atoms with Crippen molar-refractivity contribution in [1.29, 1.82) is 0 Å². The fourth-order valence-electron chi connectivity index (χ4n) is 3.14. The Morgan fingerprint density at radius 2 is 1.74 bits per heavy atom. The molecule has 1 unspecified atom stereocenters. The highest BCUT2D eigenvalue weighted by molar-refractivity contribution is 5.20. The van der Waals surface area contributed by atoms with Crippen LogP contribution in [-0.2, 0) is 0 Å². The van der Waals surface area contributed by atoms with Crippen LogP contribution in [0.15, 0.2) is 24.3 Å². The van der Waals surface area contributed by atoms with Crippen molar-refractivity contribution in [1.82, 2.24) is 4.90 Å². The Morgan fingerprint density at radius 1 is 1.16 bits per heavy atom. The van der Waals surface area contributed by atoms with Crippen molar-refractivity contribution in [3.8, 4) is 0 Å². The van der Waals surface area contributed by atoms with E-state index in [1.807, 2.05) is 12.1 Å². The van der Waals surface area contributed by atoms with Gasteiger partial charge in [-0.3, -0.25) is 4.90 Å². The van der Waals surface area contributed by atoms with E-state index in [-0.39, 0.29) is 11.9 Å². The minimum Gasteiger partial charge on any atom is -0.329 e. The summed E-state index contributed by atoms with van der Waals surface area (Å²) in [5, 5.41) is 0. The average molecular weight is 264 g/mol. The molecule has 2 rings (SSSR count). The van der Waals surface area contributed by atoms with Crippen molar-refractivity contribution in [2.45, 2.75) is 50.6 Å². The van der Waals surface area contributed by atoms with E-state index in [4.69, 9.17) is 5.73 Å². The second kappa shape index (κ2) is 7.01. The monoisotopic (exact) mass is 264 g/mol. The minimum absolute atomic E-state index is 0.184. The number of halogens is 1. The number of hydrogen-bond donors (Lipinski definition) is 1. The van der Waals surface area contributed by atoms with Gasteiger partial charge in [0.25, 0.3) is 0 Å². The lowest BCUT2D eigenvalue weighted by Crippen LogP contribution is -2.38. The molecular formula is C16H25FN2. The molecule has 1 aliphatic carbocycles. The zero-order valence-electron chi connectivity index (χ0n) is 11.8. The maximum absolute atomic E-state index is 13.0. The third-order valence-corrected chi connectivity index (χ3v) is 4.37. The van der Waals surface area contributed by atoms with E-state index in [1.54, 1.807) is 0 Å². The fraction of sp³-hybridized carbons (Fsp3) is 0.625. The molecule has 0 radical (unpaired) electrons. The lowest BCUT2D eigenvalue weighted by Gasteiger charge is -2.34. The highest BCUT2D eigenvalue weighted by Crippen LogP contribution is 2.27. The maximum Gasteiger partial charge on any atom is 0.123 e. The molecule has 1 aromatic carbocycles. The Labute approximate surface area is 115 Å². The maximum atomic E-state index is 13.0. The van der Waals surface area contributed by atoms with E-state index in [0.717, 1.165) is 5.56 Å². The van der Waals surface area contributed by atoms with Crippen molar-refractivity contribution in [2.75, 3.05) is 13.6 Å². The zero-order valence-corrected chi connectivity index (χ0v) is 11.8. The summed E-state index contributed by atoms with van der Waals surface area (Å²) >= 11 is 0. The van der Waals surface area contributed by atoms with Gasteiger partial charge in [-0.05, 0) is 37.6 Å². The summed E-state index contributed by atoms with van der Waals surface area (Å²) in [5.74, 6) is -0.184. The first-order chi connectivity index (χ1) is 9.22. The summed E-state index contributed by atoms with van der Waals surface area (Å²) in [7, 11) is 2.16. The third kappa shape index (κ3) is 3.77. The van der Waals surface area contributed by atoms with E-state index in [2.05, 4.69) is 11.9 Å².